The molecule has 0 aromatic rings. The van der Waals surface area contributed by atoms with Crippen molar-refractivity contribution in [3.05, 3.63) is 0 Å². The van der Waals surface area contributed by atoms with Crippen molar-refractivity contribution >= 4 is 23.4 Å². The molecule has 21 heavy (non-hydrogen) atoms. The molecule has 0 aromatic carbocycles. The highest BCUT2D eigenvalue weighted by atomic mass is 35.5. The first-order valence-electron chi connectivity index (χ1n) is 8.73. The Balaban J connectivity index is 1.63. The molecule has 0 heterocycles. The van der Waals surface area contributed by atoms with Crippen LogP contribution in [0.4, 0.5) is 0 Å². The smallest absolute Gasteiger partial charge is 0.0473 e. The molecule has 0 bridgehead atoms. The molecule has 5 atom stereocenters. The summed E-state index contributed by atoms with van der Waals surface area (Å²) in [4.78, 5) is 0. The number of aliphatic hydroxyl groups is 1. The van der Waals surface area contributed by atoms with Crippen molar-refractivity contribution in [1.82, 2.24) is 0 Å². The summed E-state index contributed by atoms with van der Waals surface area (Å²) < 4.78 is 0.368. The number of hydrogen-bond donors (Lipinski definition) is 2. The van der Waals surface area contributed by atoms with Gasteiger partial charge in [-0.3, -0.25) is 0 Å². The van der Waals surface area contributed by atoms with Gasteiger partial charge in [0.1, 0.15) is 0 Å². The molecule has 3 N–H and O–H groups in total. The summed E-state index contributed by atoms with van der Waals surface area (Å²) in [5.74, 6) is 1.94. The van der Waals surface area contributed by atoms with Crippen LogP contribution in [0.25, 0.3) is 0 Å². The minimum absolute atomic E-state index is 0.368. The van der Waals surface area contributed by atoms with Gasteiger partial charge >= 0.3 is 0 Å². The average Bonchev–Trinajstić information content (AvgIpc) is 3.19. The van der Waals surface area contributed by atoms with E-state index in [1.807, 2.05) is 0 Å². The van der Waals surface area contributed by atoms with Gasteiger partial charge in [-0.1, -0.05) is 6.92 Å². The van der Waals surface area contributed by atoms with Crippen LogP contribution in [0, 0.1) is 17.8 Å². The predicted octanol–water partition coefficient (Wildman–Crippen LogP) is 3.78. The molecule has 0 aliphatic heterocycles. The molecule has 4 heteroatoms. The van der Waals surface area contributed by atoms with Crippen molar-refractivity contribution in [3.63, 3.8) is 0 Å². The summed E-state index contributed by atoms with van der Waals surface area (Å²) in [7, 11) is 0. The van der Waals surface area contributed by atoms with E-state index in [0.29, 0.717) is 34.6 Å². The molecule has 3 aliphatic rings. The van der Waals surface area contributed by atoms with E-state index in [2.05, 4.69) is 18.7 Å². The van der Waals surface area contributed by atoms with Gasteiger partial charge in [0.15, 0.2) is 0 Å². The van der Waals surface area contributed by atoms with E-state index >= 15 is 0 Å². The van der Waals surface area contributed by atoms with E-state index < -0.39 is 0 Å². The molecule has 0 amide bonds. The SMILES string of the molecule is CC1CC(C2(SC3CCC(Cl)CC3)CC2CO)CCC1N. The monoisotopic (exact) mass is 331 g/mol. The standard InChI is InChI=1S/C17H30ClNOS/c1-11-8-12(2-7-16(11)19)17(9-13(17)10-20)21-15-5-3-14(18)4-6-15/h11-16,20H,2-10,19H2,1H3. The molecule has 2 nitrogen and oxygen atoms in total. The zero-order valence-electron chi connectivity index (χ0n) is 13.1. The van der Waals surface area contributed by atoms with E-state index in [9.17, 15) is 5.11 Å². The Morgan fingerprint density at radius 3 is 2.48 bits per heavy atom. The van der Waals surface area contributed by atoms with Crippen LogP contribution in [-0.2, 0) is 0 Å². The number of rotatable bonds is 4. The molecule has 3 fully saturated rings. The maximum Gasteiger partial charge on any atom is 0.0473 e. The fourth-order valence-corrected chi connectivity index (χ4v) is 6.95. The van der Waals surface area contributed by atoms with E-state index in [1.165, 1.54) is 51.4 Å². The average molecular weight is 332 g/mol. The summed E-state index contributed by atoms with van der Waals surface area (Å²) >= 11 is 8.46. The summed E-state index contributed by atoms with van der Waals surface area (Å²) in [5, 5.41) is 10.9. The first-order valence-corrected chi connectivity index (χ1v) is 10.0. The fraction of sp³-hybridized carbons (Fsp3) is 1.00. The van der Waals surface area contributed by atoms with Crippen LogP contribution in [-0.4, -0.2) is 33.1 Å². The van der Waals surface area contributed by atoms with Crippen LogP contribution in [0.1, 0.15) is 58.3 Å². The zero-order valence-corrected chi connectivity index (χ0v) is 14.7. The van der Waals surface area contributed by atoms with Crippen LogP contribution in [0.5, 0.6) is 0 Å². The highest BCUT2D eigenvalue weighted by molar-refractivity contribution is 8.01. The quantitative estimate of drug-likeness (QED) is 0.770. The van der Waals surface area contributed by atoms with Crippen LogP contribution in [0.2, 0.25) is 0 Å². The molecule has 0 radical (unpaired) electrons. The Labute approximate surface area is 138 Å². The minimum atomic E-state index is 0.368. The fourth-order valence-electron chi connectivity index (χ4n) is 4.60. The van der Waals surface area contributed by atoms with Crippen LogP contribution < -0.4 is 5.73 Å². The molecule has 3 saturated carbocycles. The van der Waals surface area contributed by atoms with Gasteiger partial charge in [0.2, 0.25) is 0 Å². The highest BCUT2D eigenvalue weighted by Gasteiger charge is 2.60. The summed E-state index contributed by atoms with van der Waals surface area (Å²) in [5.41, 5.74) is 6.20. The third kappa shape index (κ3) is 3.41. The normalized spacial score (nSPS) is 50.9. The van der Waals surface area contributed by atoms with Crippen molar-refractivity contribution < 1.29 is 5.11 Å². The molecule has 0 saturated heterocycles. The molecular weight excluding hydrogens is 302 g/mol. The third-order valence-electron chi connectivity index (χ3n) is 6.23. The van der Waals surface area contributed by atoms with Gasteiger partial charge in [-0.05, 0) is 69.1 Å². The Morgan fingerprint density at radius 2 is 1.90 bits per heavy atom. The van der Waals surface area contributed by atoms with Gasteiger partial charge in [0.25, 0.3) is 0 Å². The molecule has 122 valence electrons. The molecule has 5 unspecified atom stereocenters. The van der Waals surface area contributed by atoms with Crippen molar-refractivity contribution in [2.45, 2.75) is 79.7 Å². The van der Waals surface area contributed by atoms with Gasteiger partial charge in [0, 0.05) is 28.0 Å². The largest absolute Gasteiger partial charge is 0.396 e. The van der Waals surface area contributed by atoms with E-state index in [4.69, 9.17) is 17.3 Å². The molecular formula is C17H30ClNOS. The number of nitrogens with two attached hydrogens (primary N) is 1. The Hall–Kier alpha value is 0.560. The minimum Gasteiger partial charge on any atom is -0.396 e. The number of thioether (sulfide) groups is 1. The van der Waals surface area contributed by atoms with Gasteiger partial charge in [-0.15, -0.1) is 11.6 Å². The van der Waals surface area contributed by atoms with Crippen molar-refractivity contribution in [2.75, 3.05) is 6.61 Å². The topological polar surface area (TPSA) is 46.2 Å². The summed E-state index contributed by atoms with van der Waals surface area (Å²) in [6.45, 7) is 2.68. The molecule has 3 aliphatic carbocycles. The van der Waals surface area contributed by atoms with Gasteiger partial charge < -0.3 is 10.8 Å². The lowest BCUT2D eigenvalue weighted by Crippen LogP contribution is -2.39. The second kappa shape index (κ2) is 6.59. The summed E-state index contributed by atoms with van der Waals surface area (Å²) in [6.07, 6.45) is 9.79. The number of alkyl halides is 1. The number of aliphatic hydroxyl groups excluding tert-OH is 1. The molecule has 3 rings (SSSR count). The second-order valence-corrected chi connectivity index (χ2v) is 9.96. The lowest BCUT2D eigenvalue weighted by Gasteiger charge is -2.39. The van der Waals surface area contributed by atoms with Crippen molar-refractivity contribution in [1.29, 1.82) is 0 Å². The third-order valence-corrected chi connectivity index (χ3v) is 8.75. The summed E-state index contributed by atoms with van der Waals surface area (Å²) in [6, 6.07) is 0.390. The first kappa shape index (κ1) is 16.4. The predicted molar refractivity (Wildman–Crippen MR) is 91.9 cm³/mol. The van der Waals surface area contributed by atoms with Crippen LogP contribution in [0.3, 0.4) is 0 Å². The Kier molecular flexibility index (Phi) is 5.15. The number of hydrogen-bond acceptors (Lipinski definition) is 3. The van der Waals surface area contributed by atoms with Gasteiger partial charge in [0.05, 0.1) is 0 Å². The van der Waals surface area contributed by atoms with Crippen LogP contribution in [0.15, 0.2) is 0 Å². The zero-order chi connectivity index (χ0) is 15.0. The van der Waals surface area contributed by atoms with E-state index in [1.54, 1.807) is 0 Å². The molecule has 0 aromatic heterocycles. The van der Waals surface area contributed by atoms with Gasteiger partial charge in [-0.2, -0.15) is 11.8 Å². The highest BCUT2D eigenvalue weighted by Crippen LogP contribution is 2.64. The maximum absolute atomic E-state index is 9.70. The van der Waals surface area contributed by atoms with Crippen molar-refractivity contribution in [3.8, 4) is 0 Å². The van der Waals surface area contributed by atoms with Gasteiger partial charge in [-0.25, -0.2) is 0 Å². The second-order valence-electron chi connectivity index (χ2n) is 7.68. The number of halogens is 1. The lowest BCUT2D eigenvalue weighted by atomic mass is 9.76. The van der Waals surface area contributed by atoms with E-state index in [-0.39, 0.29) is 0 Å². The Morgan fingerprint density at radius 1 is 1.19 bits per heavy atom. The van der Waals surface area contributed by atoms with Crippen LogP contribution >= 0.6 is 23.4 Å². The lowest BCUT2D eigenvalue weighted by molar-refractivity contribution is 0.214. The first-order chi connectivity index (χ1) is 10.0. The van der Waals surface area contributed by atoms with Crippen molar-refractivity contribution in [2.24, 2.45) is 23.5 Å². The van der Waals surface area contributed by atoms with E-state index in [0.717, 1.165) is 11.2 Å². The molecule has 0 spiro atoms. The maximum atomic E-state index is 9.70. The Bertz CT molecular complexity index is 361.